The van der Waals surface area contributed by atoms with Gasteiger partial charge < -0.3 is 10.6 Å². The number of amides is 1. The molecule has 2 N–H and O–H groups in total. The summed E-state index contributed by atoms with van der Waals surface area (Å²) in [5.74, 6) is 0.556. The molecular formula is C18H21FN4O. The van der Waals surface area contributed by atoms with E-state index in [4.69, 9.17) is 0 Å². The Hall–Kier alpha value is -2.50. The fraction of sp³-hybridized carbons (Fsp3) is 0.389. The lowest BCUT2D eigenvalue weighted by Gasteiger charge is -2.22. The molecule has 0 saturated heterocycles. The quantitative estimate of drug-likeness (QED) is 0.897. The molecule has 6 heteroatoms. The van der Waals surface area contributed by atoms with Crippen LogP contribution in [0.1, 0.15) is 48.4 Å². The Morgan fingerprint density at radius 1 is 1.12 bits per heavy atom. The van der Waals surface area contributed by atoms with Gasteiger partial charge in [-0.3, -0.25) is 4.79 Å². The highest BCUT2D eigenvalue weighted by molar-refractivity contribution is 5.93. The number of nitrogens with one attached hydrogen (secondary N) is 2. The topological polar surface area (TPSA) is 66.9 Å². The summed E-state index contributed by atoms with van der Waals surface area (Å²) < 4.78 is 13.0. The van der Waals surface area contributed by atoms with Crippen molar-refractivity contribution in [3.63, 3.8) is 0 Å². The molecule has 1 aliphatic rings. The largest absolute Gasteiger partial charge is 0.348 e. The number of halogens is 1. The van der Waals surface area contributed by atoms with Crippen LogP contribution < -0.4 is 10.6 Å². The number of nitrogens with zero attached hydrogens (tertiary/aromatic N) is 2. The van der Waals surface area contributed by atoms with Crippen LogP contribution in [0.3, 0.4) is 0 Å². The summed E-state index contributed by atoms with van der Waals surface area (Å²) >= 11 is 0. The maximum atomic E-state index is 13.0. The average Bonchev–Trinajstić information content (AvgIpc) is 2.57. The lowest BCUT2D eigenvalue weighted by molar-refractivity contribution is 0.0922. The fourth-order valence-electron chi connectivity index (χ4n) is 2.94. The van der Waals surface area contributed by atoms with Crippen LogP contribution in [-0.4, -0.2) is 21.9 Å². The molecule has 0 aliphatic heterocycles. The Morgan fingerprint density at radius 3 is 2.54 bits per heavy atom. The normalized spacial score (nSPS) is 15.1. The number of hydrogen-bond acceptors (Lipinski definition) is 4. The second-order valence-electron chi connectivity index (χ2n) is 6.13. The smallest absolute Gasteiger partial charge is 0.270 e. The van der Waals surface area contributed by atoms with Crippen LogP contribution in [0.2, 0.25) is 0 Å². The molecular weight excluding hydrogens is 307 g/mol. The van der Waals surface area contributed by atoms with E-state index in [1.165, 1.54) is 18.6 Å². The summed E-state index contributed by atoms with van der Waals surface area (Å²) in [5, 5.41) is 6.13. The Labute approximate surface area is 140 Å². The Balaban J connectivity index is 1.72. The number of hydrogen-bond donors (Lipinski definition) is 2. The molecule has 0 bridgehead atoms. The number of aromatic nitrogens is 2. The van der Waals surface area contributed by atoms with E-state index in [1.807, 2.05) is 0 Å². The molecule has 1 amide bonds. The zero-order valence-electron chi connectivity index (χ0n) is 13.7. The second kappa shape index (κ2) is 7.38. The number of carbonyl (C=O) groups is 1. The molecule has 126 valence electrons. The molecule has 1 aromatic heterocycles. The van der Waals surface area contributed by atoms with Crippen LogP contribution >= 0.6 is 0 Å². The van der Waals surface area contributed by atoms with Gasteiger partial charge in [-0.25, -0.2) is 14.4 Å². The van der Waals surface area contributed by atoms with Gasteiger partial charge in [-0.2, -0.15) is 0 Å². The number of benzene rings is 1. The minimum atomic E-state index is -0.299. The van der Waals surface area contributed by atoms with Crippen molar-refractivity contribution < 1.29 is 9.18 Å². The summed E-state index contributed by atoms with van der Waals surface area (Å²) in [4.78, 5) is 21.0. The predicted octanol–water partition coefficient (Wildman–Crippen LogP) is 3.73. The summed E-state index contributed by atoms with van der Waals surface area (Å²) in [6, 6.07) is 7.83. The summed E-state index contributed by atoms with van der Waals surface area (Å²) in [7, 11) is 0. The highest BCUT2D eigenvalue weighted by atomic mass is 19.1. The zero-order valence-corrected chi connectivity index (χ0v) is 13.7. The van der Waals surface area contributed by atoms with E-state index in [0.717, 1.165) is 25.7 Å². The van der Waals surface area contributed by atoms with Crippen molar-refractivity contribution in [3.05, 3.63) is 47.7 Å². The van der Waals surface area contributed by atoms with Gasteiger partial charge in [-0.15, -0.1) is 0 Å². The maximum absolute atomic E-state index is 13.0. The molecule has 0 radical (unpaired) electrons. The second-order valence-corrected chi connectivity index (χ2v) is 6.13. The van der Waals surface area contributed by atoms with Crippen molar-refractivity contribution in [3.8, 4) is 0 Å². The van der Waals surface area contributed by atoms with Crippen LogP contribution in [0.25, 0.3) is 0 Å². The van der Waals surface area contributed by atoms with Crippen LogP contribution in [0.4, 0.5) is 15.9 Å². The summed E-state index contributed by atoms with van der Waals surface area (Å²) in [6.07, 6.45) is 5.61. The molecule has 0 spiro atoms. The molecule has 1 saturated carbocycles. The van der Waals surface area contributed by atoms with Crippen molar-refractivity contribution in [2.24, 2.45) is 0 Å². The van der Waals surface area contributed by atoms with E-state index < -0.39 is 0 Å². The van der Waals surface area contributed by atoms with E-state index in [-0.39, 0.29) is 17.8 Å². The van der Waals surface area contributed by atoms with E-state index in [2.05, 4.69) is 20.6 Å². The van der Waals surface area contributed by atoms with Gasteiger partial charge in [-0.1, -0.05) is 19.3 Å². The Morgan fingerprint density at radius 2 is 1.83 bits per heavy atom. The monoisotopic (exact) mass is 328 g/mol. The number of rotatable bonds is 4. The van der Waals surface area contributed by atoms with Gasteiger partial charge >= 0.3 is 0 Å². The first-order chi connectivity index (χ1) is 11.6. The molecule has 1 fully saturated rings. The van der Waals surface area contributed by atoms with Crippen molar-refractivity contribution in [1.29, 1.82) is 0 Å². The highest BCUT2D eigenvalue weighted by Crippen LogP contribution is 2.19. The van der Waals surface area contributed by atoms with E-state index >= 15 is 0 Å². The molecule has 1 heterocycles. The lowest BCUT2D eigenvalue weighted by Crippen LogP contribution is -2.36. The van der Waals surface area contributed by atoms with Crippen molar-refractivity contribution in [2.45, 2.75) is 45.1 Å². The molecule has 5 nitrogen and oxygen atoms in total. The molecule has 3 rings (SSSR count). The molecule has 24 heavy (non-hydrogen) atoms. The minimum Gasteiger partial charge on any atom is -0.348 e. The van der Waals surface area contributed by atoms with Gasteiger partial charge in [0.2, 0.25) is 0 Å². The van der Waals surface area contributed by atoms with Crippen molar-refractivity contribution in [2.75, 3.05) is 5.32 Å². The number of carbonyl (C=O) groups excluding carboxylic acids is 1. The maximum Gasteiger partial charge on any atom is 0.270 e. The average molecular weight is 328 g/mol. The first-order valence-electron chi connectivity index (χ1n) is 8.29. The van der Waals surface area contributed by atoms with Gasteiger partial charge in [-0.05, 0) is 44.0 Å². The van der Waals surface area contributed by atoms with Gasteiger partial charge in [0.05, 0.1) is 0 Å². The Kier molecular flexibility index (Phi) is 5.03. The number of aryl methyl sites for hydroxylation is 1. The Bertz CT molecular complexity index is 711. The zero-order chi connectivity index (χ0) is 16.9. The van der Waals surface area contributed by atoms with Crippen LogP contribution in [0.15, 0.2) is 30.3 Å². The van der Waals surface area contributed by atoms with E-state index in [9.17, 15) is 9.18 Å². The fourth-order valence-corrected chi connectivity index (χ4v) is 2.94. The van der Waals surface area contributed by atoms with Gasteiger partial charge in [0, 0.05) is 17.8 Å². The van der Waals surface area contributed by atoms with E-state index in [1.54, 1.807) is 25.1 Å². The van der Waals surface area contributed by atoms with Crippen LogP contribution in [0.5, 0.6) is 0 Å². The van der Waals surface area contributed by atoms with Gasteiger partial charge in [0.25, 0.3) is 5.91 Å². The van der Waals surface area contributed by atoms with Crippen molar-refractivity contribution >= 4 is 17.4 Å². The summed E-state index contributed by atoms with van der Waals surface area (Å²) in [5.41, 5.74) is 1.05. The van der Waals surface area contributed by atoms with Gasteiger partial charge in [0.15, 0.2) is 0 Å². The predicted molar refractivity (Wildman–Crippen MR) is 90.8 cm³/mol. The number of anilines is 2. The summed E-state index contributed by atoms with van der Waals surface area (Å²) in [6.45, 7) is 1.74. The first-order valence-corrected chi connectivity index (χ1v) is 8.29. The third-order valence-corrected chi connectivity index (χ3v) is 4.13. The van der Waals surface area contributed by atoms with Crippen LogP contribution in [-0.2, 0) is 0 Å². The van der Waals surface area contributed by atoms with Gasteiger partial charge in [0.1, 0.15) is 23.2 Å². The first kappa shape index (κ1) is 16.4. The third-order valence-electron chi connectivity index (χ3n) is 4.13. The van der Waals surface area contributed by atoms with Crippen molar-refractivity contribution in [1.82, 2.24) is 15.3 Å². The molecule has 1 aliphatic carbocycles. The molecule has 0 atom stereocenters. The molecule has 0 unspecified atom stereocenters. The third kappa shape index (κ3) is 4.28. The highest BCUT2D eigenvalue weighted by Gasteiger charge is 2.18. The molecule has 2 aromatic rings. The molecule has 1 aromatic carbocycles. The SMILES string of the molecule is Cc1nc(Nc2ccc(F)cc2)cc(C(=O)NC2CCCCC2)n1. The minimum absolute atomic E-state index is 0.172. The van der Waals surface area contributed by atoms with E-state index in [0.29, 0.717) is 23.0 Å². The van der Waals surface area contributed by atoms with Crippen LogP contribution in [0, 0.1) is 12.7 Å². The standard InChI is InChI=1S/C18H21FN4O/c1-12-20-16(18(24)23-14-5-3-2-4-6-14)11-17(21-12)22-15-9-7-13(19)8-10-15/h7-11,14H,2-6H2,1H3,(H,23,24)(H,20,21,22). The lowest BCUT2D eigenvalue weighted by atomic mass is 9.95.